The van der Waals surface area contributed by atoms with Crippen LogP contribution in [0.25, 0.3) is 0 Å². The number of nitrogens with zero attached hydrogens (tertiary/aromatic N) is 1. The van der Waals surface area contributed by atoms with Gasteiger partial charge in [-0.2, -0.15) is 0 Å². The van der Waals surface area contributed by atoms with Crippen molar-refractivity contribution in [3.8, 4) is 0 Å². The molecule has 0 aromatic heterocycles. The smallest absolute Gasteiger partial charge is 0.0517 e. The quantitative estimate of drug-likeness (QED) is 0.843. The van der Waals surface area contributed by atoms with Crippen molar-refractivity contribution in [3.63, 3.8) is 0 Å². The summed E-state index contributed by atoms with van der Waals surface area (Å²) in [5, 5.41) is 7.89. The van der Waals surface area contributed by atoms with Gasteiger partial charge in [0.25, 0.3) is 0 Å². The molecule has 104 valence electrons. The van der Waals surface area contributed by atoms with E-state index >= 15 is 0 Å². The van der Waals surface area contributed by atoms with Crippen molar-refractivity contribution >= 4 is 11.4 Å². The van der Waals surface area contributed by atoms with Gasteiger partial charge in [-0.3, -0.25) is 0 Å². The molecule has 1 N–H and O–H groups in total. The Bertz CT molecular complexity index is 448. The fourth-order valence-corrected chi connectivity index (χ4v) is 2.85. The molecular formula is C16H24N2O. The van der Waals surface area contributed by atoms with E-state index in [0.717, 1.165) is 38.1 Å². The summed E-state index contributed by atoms with van der Waals surface area (Å²) in [4.78, 5) is 2.41. The molecule has 1 saturated heterocycles. The predicted octanol–water partition coefficient (Wildman–Crippen LogP) is 3.33. The van der Waals surface area contributed by atoms with E-state index in [1.165, 1.54) is 5.69 Å². The fraction of sp³-hybridized carbons (Fsp3) is 0.562. The van der Waals surface area contributed by atoms with E-state index in [1.807, 2.05) is 19.1 Å². The fourth-order valence-electron chi connectivity index (χ4n) is 2.85. The molecule has 0 amide bonds. The molecule has 1 aliphatic heterocycles. The molecule has 0 radical (unpaired) electrons. The van der Waals surface area contributed by atoms with Gasteiger partial charge < -0.3 is 15.0 Å². The van der Waals surface area contributed by atoms with Crippen LogP contribution in [0.15, 0.2) is 24.3 Å². The number of ether oxygens (including phenoxy) is 1. The number of anilines is 1. The van der Waals surface area contributed by atoms with Crippen LogP contribution in [0.2, 0.25) is 0 Å². The van der Waals surface area contributed by atoms with Crippen molar-refractivity contribution in [3.05, 3.63) is 29.8 Å². The Kier molecular flexibility index (Phi) is 4.25. The van der Waals surface area contributed by atoms with Crippen molar-refractivity contribution < 1.29 is 4.74 Å². The molecule has 0 atom stereocenters. The van der Waals surface area contributed by atoms with Gasteiger partial charge in [-0.1, -0.05) is 25.1 Å². The number of benzene rings is 1. The number of methoxy groups -OCH3 is 1. The van der Waals surface area contributed by atoms with Crippen LogP contribution in [0.3, 0.4) is 0 Å². The largest absolute Gasteiger partial charge is 0.384 e. The first-order chi connectivity index (χ1) is 9.06. The number of hydrogen-bond donors (Lipinski definition) is 1. The number of rotatable bonds is 4. The zero-order valence-corrected chi connectivity index (χ0v) is 12.2. The van der Waals surface area contributed by atoms with E-state index in [9.17, 15) is 0 Å². The Balaban J connectivity index is 2.12. The molecule has 19 heavy (non-hydrogen) atoms. The Morgan fingerprint density at radius 2 is 1.95 bits per heavy atom. The van der Waals surface area contributed by atoms with E-state index in [0.29, 0.717) is 11.1 Å². The van der Waals surface area contributed by atoms with Crippen LogP contribution in [-0.2, 0) is 4.74 Å². The van der Waals surface area contributed by atoms with Crippen LogP contribution in [-0.4, -0.2) is 32.5 Å². The molecular weight excluding hydrogens is 236 g/mol. The molecule has 3 nitrogen and oxygen atoms in total. The van der Waals surface area contributed by atoms with Crippen LogP contribution in [0.4, 0.5) is 5.69 Å². The van der Waals surface area contributed by atoms with Gasteiger partial charge in [-0.05, 0) is 31.2 Å². The van der Waals surface area contributed by atoms with E-state index in [4.69, 9.17) is 10.1 Å². The maximum atomic E-state index is 7.89. The third-order valence-corrected chi connectivity index (χ3v) is 4.11. The summed E-state index contributed by atoms with van der Waals surface area (Å²) in [5.41, 5.74) is 3.20. The van der Waals surface area contributed by atoms with Crippen LogP contribution >= 0.6 is 0 Å². The second kappa shape index (κ2) is 5.74. The summed E-state index contributed by atoms with van der Waals surface area (Å²) in [5.74, 6) is 0. The molecule has 3 heteroatoms. The van der Waals surface area contributed by atoms with E-state index in [1.54, 1.807) is 7.11 Å². The van der Waals surface area contributed by atoms with Crippen molar-refractivity contribution in [1.29, 1.82) is 5.41 Å². The molecule has 1 fully saturated rings. The van der Waals surface area contributed by atoms with E-state index in [2.05, 4.69) is 24.0 Å². The number of nitrogens with one attached hydrogen (secondary N) is 1. The second-order valence-corrected chi connectivity index (χ2v) is 5.87. The molecule has 1 aliphatic rings. The zero-order valence-electron chi connectivity index (χ0n) is 12.2. The lowest BCUT2D eigenvalue weighted by Crippen LogP contribution is -2.41. The summed E-state index contributed by atoms with van der Waals surface area (Å²) in [6.07, 6.45) is 2.29. The van der Waals surface area contributed by atoms with Gasteiger partial charge in [0.05, 0.1) is 6.61 Å². The molecule has 1 aromatic carbocycles. The Morgan fingerprint density at radius 1 is 1.32 bits per heavy atom. The lowest BCUT2D eigenvalue weighted by molar-refractivity contribution is 0.0731. The molecule has 0 saturated carbocycles. The summed E-state index contributed by atoms with van der Waals surface area (Å²) in [6, 6.07) is 8.24. The van der Waals surface area contributed by atoms with Gasteiger partial charge in [-0.25, -0.2) is 0 Å². The monoisotopic (exact) mass is 260 g/mol. The minimum Gasteiger partial charge on any atom is -0.384 e. The molecule has 2 rings (SSSR count). The average Bonchev–Trinajstić information content (AvgIpc) is 2.39. The van der Waals surface area contributed by atoms with Gasteiger partial charge in [0, 0.05) is 37.2 Å². The lowest BCUT2D eigenvalue weighted by Gasteiger charge is -2.40. The molecule has 0 bridgehead atoms. The Hall–Kier alpha value is -1.35. The van der Waals surface area contributed by atoms with Gasteiger partial charge in [0.2, 0.25) is 0 Å². The third kappa shape index (κ3) is 3.16. The Labute approximate surface area is 116 Å². The van der Waals surface area contributed by atoms with Crippen LogP contribution < -0.4 is 4.90 Å². The molecule has 0 unspecified atom stereocenters. The first-order valence-electron chi connectivity index (χ1n) is 6.94. The first-order valence-corrected chi connectivity index (χ1v) is 6.94. The highest BCUT2D eigenvalue weighted by atomic mass is 16.5. The number of piperidine rings is 1. The van der Waals surface area contributed by atoms with E-state index in [-0.39, 0.29) is 0 Å². The molecule has 1 aromatic rings. The van der Waals surface area contributed by atoms with Gasteiger partial charge >= 0.3 is 0 Å². The van der Waals surface area contributed by atoms with Crippen LogP contribution in [0.5, 0.6) is 0 Å². The average molecular weight is 260 g/mol. The molecule has 0 aliphatic carbocycles. The SMILES string of the molecule is COCC1(C)CCN(c2ccccc2C(C)=N)CC1. The van der Waals surface area contributed by atoms with E-state index < -0.39 is 0 Å². The second-order valence-electron chi connectivity index (χ2n) is 5.87. The summed E-state index contributed by atoms with van der Waals surface area (Å²) < 4.78 is 5.33. The molecule has 0 spiro atoms. The highest BCUT2D eigenvalue weighted by Gasteiger charge is 2.30. The van der Waals surface area contributed by atoms with Crippen molar-refractivity contribution in [2.75, 3.05) is 31.7 Å². The summed E-state index contributed by atoms with van der Waals surface area (Å²) in [6.45, 7) is 7.10. The summed E-state index contributed by atoms with van der Waals surface area (Å²) >= 11 is 0. The Morgan fingerprint density at radius 3 is 2.53 bits per heavy atom. The van der Waals surface area contributed by atoms with Gasteiger partial charge in [-0.15, -0.1) is 0 Å². The molecule has 1 heterocycles. The third-order valence-electron chi connectivity index (χ3n) is 4.11. The zero-order chi connectivity index (χ0) is 13.9. The van der Waals surface area contributed by atoms with Gasteiger partial charge in [0.1, 0.15) is 0 Å². The minimum atomic E-state index is 0.305. The van der Waals surface area contributed by atoms with Crippen molar-refractivity contribution in [2.45, 2.75) is 26.7 Å². The van der Waals surface area contributed by atoms with Gasteiger partial charge in [0.15, 0.2) is 0 Å². The van der Waals surface area contributed by atoms with Crippen molar-refractivity contribution in [2.24, 2.45) is 5.41 Å². The lowest BCUT2D eigenvalue weighted by atomic mass is 9.81. The predicted molar refractivity (Wildman–Crippen MR) is 80.4 cm³/mol. The van der Waals surface area contributed by atoms with Crippen LogP contribution in [0.1, 0.15) is 32.3 Å². The maximum Gasteiger partial charge on any atom is 0.0517 e. The highest BCUT2D eigenvalue weighted by Crippen LogP contribution is 2.34. The number of hydrogen-bond acceptors (Lipinski definition) is 3. The summed E-state index contributed by atoms with van der Waals surface area (Å²) in [7, 11) is 1.78. The van der Waals surface area contributed by atoms with Crippen LogP contribution in [0, 0.1) is 10.8 Å². The maximum absolute atomic E-state index is 7.89. The first kappa shape index (κ1) is 14.1. The number of para-hydroxylation sites is 1. The highest BCUT2D eigenvalue weighted by molar-refractivity contribution is 6.01. The minimum absolute atomic E-state index is 0.305. The normalized spacial score (nSPS) is 18.4. The van der Waals surface area contributed by atoms with Crippen molar-refractivity contribution in [1.82, 2.24) is 0 Å². The standard InChI is InChI=1S/C16H24N2O/c1-13(17)14-6-4-5-7-15(14)18-10-8-16(2,9-11-18)12-19-3/h4-7,17H,8-12H2,1-3H3. The topological polar surface area (TPSA) is 36.3 Å².